The van der Waals surface area contributed by atoms with E-state index in [0.29, 0.717) is 17.1 Å². The Kier molecular flexibility index (Phi) is 10.7. The van der Waals surface area contributed by atoms with Gasteiger partial charge in [0.2, 0.25) is 0 Å². The van der Waals surface area contributed by atoms with Crippen molar-refractivity contribution in [1.82, 2.24) is 15.0 Å². The number of nitrogens with zero attached hydrogens (tertiary/aromatic N) is 5. The van der Waals surface area contributed by atoms with Gasteiger partial charge in [0, 0.05) is 48.7 Å². The summed E-state index contributed by atoms with van der Waals surface area (Å²) >= 11 is 0. The Balaban J connectivity index is 1.33. The first-order valence-corrected chi connectivity index (χ1v) is 16.2. The summed E-state index contributed by atoms with van der Waals surface area (Å²) in [4.78, 5) is 18.8. The summed E-state index contributed by atoms with van der Waals surface area (Å²) in [6.45, 7) is 12.7. The van der Waals surface area contributed by atoms with Gasteiger partial charge in [0.1, 0.15) is 15.7 Å². The van der Waals surface area contributed by atoms with Crippen molar-refractivity contribution in [1.29, 1.82) is 0 Å². The van der Waals surface area contributed by atoms with Crippen LogP contribution >= 0.6 is 0 Å². The van der Waals surface area contributed by atoms with E-state index < -0.39 is 0 Å². The van der Waals surface area contributed by atoms with Crippen LogP contribution in [0.1, 0.15) is 49.9 Å². The maximum atomic E-state index is 4.87. The molecule has 0 saturated heterocycles. The SMILES string of the molecule is CCN(CC)c1ccc(C=Cc2cccc(-c3nc([Si])nc(-c4cccc(C=Cc5ccc(N(CC)CC)cc5)c4)n3)c2)cc1. The van der Waals surface area contributed by atoms with Crippen molar-refractivity contribution in [3.05, 3.63) is 119 Å². The van der Waals surface area contributed by atoms with Gasteiger partial charge >= 0.3 is 0 Å². The molecule has 3 radical (unpaired) electrons. The first-order chi connectivity index (χ1) is 22.0. The molecule has 5 nitrogen and oxygen atoms in total. The molecule has 1 heterocycles. The van der Waals surface area contributed by atoms with E-state index in [2.05, 4.69) is 155 Å². The molecule has 0 aliphatic carbocycles. The molecule has 0 aliphatic rings. The van der Waals surface area contributed by atoms with Crippen LogP contribution in [-0.4, -0.2) is 51.4 Å². The summed E-state index contributed by atoms with van der Waals surface area (Å²) in [5.41, 5.74) is 9.33. The van der Waals surface area contributed by atoms with E-state index in [-0.39, 0.29) is 0 Å². The average Bonchev–Trinajstić information content (AvgIpc) is 3.08. The van der Waals surface area contributed by atoms with Crippen LogP contribution < -0.4 is 15.2 Å². The molecular formula is C39H40N5Si. The molecule has 0 spiro atoms. The smallest absolute Gasteiger partial charge is 0.163 e. The van der Waals surface area contributed by atoms with E-state index in [1.54, 1.807) is 0 Å². The second-order valence-corrected chi connectivity index (χ2v) is 11.2. The third-order valence-electron chi connectivity index (χ3n) is 7.90. The van der Waals surface area contributed by atoms with Crippen LogP contribution in [0.15, 0.2) is 97.1 Å². The summed E-state index contributed by atoms with van der Waals surface area (Å²) < 4.78 is 0. The van der Waals surface area contributed by atoms with Crippen LogP contribution in [0.5, 0.6) is 0 Å². The van der Waals surface area contributed by atoms with Crippen molar-refractivity contribution in [2.24, 2.45) is 0 Å². The molecule has 4 aromatic carbocycles. The van der Waals surface area contributed by atoms with Gasteiger partial charge in [0.15, 0.2) is 11.6 Å². The van der Waals surface area contributed by atoms with E-state index in [0.717, 1.165) is 59.6 Å². The highest BCUT2D eigenvalue weighted by Gasteiger charge is 2.10. The summed E-state index contributed by atoms with van der Waals surface area (Å²) in [6, 6.07) is 33.9. The fourth-order valence-electron chi connectivity index (χ4n) is 5.35. The van der Waals surface area contributed by atoms with Gasteiger partial charge in [-0.25, -0.2) is 15.0 Å². The molecule has 45 heavy (non-hydrogen) atoms. The first-order valence-electron chi connectivity index (χ1n) is 15.7. The highest BCUT2D eigenvalue weighted by molar-refractivity contribution is 6.29. The van der Waals surface area contributed by atoms with E-state index in [4.69, 9.17) is 4.98 Å². The second kappa shape index (κ2) is 15.3. The van der Waals surface area contributed by atoms with Crippen molar-refractivity contribution < 1.29 is 0 Å². The van der Waals surface area contributed by atoms with Crippen LogP contribution in [0.4, 0.5) is 11.4 Å². The van der Waals surface area contributed by atoms with Gasteiger partial charge in [-0.1, -0.05) is 85.0 Å². The van der Waals surface area contributed by atoms with Gasteiger partial charge in [-0.2, -0.15) is 0 Å². The normalized spacial score (nSPS) is 11.4. The van der Waals surface area contributed by atoms with E-state index in [1.807, 2.05) is 24.3 Å². The standard InChI is InChI=1S/C39H40N5Si/c1-5-43(6-2)35-23-19-29(20-24-35)15-17-31-11-9-13-33(27-31)37-40-38(42-39(45)41-37)34-14-10-12-32(28-34)18-16-30-21-25-36(26-22-30)44(7-3)8-4/h9-28H,5-8H2,1-4H3. The van der Waals surface area contributed by atoms with E-state index in [1.165, 1.54) is 11.4 Å². The van der Waals surface area contributed by atoms with Crippen LogP contribution in [-0.2, 0) is 0 Å². The third kappa shape index (κ3) is 8.22. The maximum Gasteiger partial charge on any atom is 0.163 e. The van der Waals surface area contributed by atoms with Gasteiger partial charge < -0.3 is 9.80 Å². The molecule has 225 valence electrons. The minimum atomic E-state index is 0.499. The van der Waals surface area contributed by atoms with Crippen LogP contribution in [0, 0.1) is 0 Å². The predicted octanol–water partition coefficient (Wildman–Crippen LogP) is 8.03. The number of rotatable bonds is 12. The number of anilines is 2. The van der Waals surface area contributed by atoms with Crippen LogP contribution in [0.3, 0.4) is 0 Å². The lowest BCUT2D eigenvalue weighted by Crippen LogP contribution is -2.21. The predicted molar refractivity (Wildman–Crippen MR) is 194 cm³/mol. The molecule has 0 atom stereocenters. The number of aromatic nitrogens is 3. The zero-order valence-electron chi connectivity index (χ0n) is 26.6. The Hall–Kier alpha value is -4.81. The van der Waals surface area contributed by atoms with Gasteiger partial charge in [0.25, 0.3) is 0 Å². The quantitative estimate of drug-likeness (QED) is 0.106. The Morgan fingerprint density at radius 2 is 0.867 bits per heavy atom. The first kappa shape index (κ1) is 31.6. The largest absolute Gasteiger partial charge is 0.372 e. The van der Waals surface area contributed by atoms with Crippen molar-refractivity contribution in [3.8, 4) is 22.8 Å². The molecule has 0 N–H and O–H groups in total. The highest BCUT2D eigenvalue weighted by Crippen LogP contribution is 2.23. The summed E-state index contributed by atoms with van der Waals surface area (Å²) in [7, 11) is 3.58. The Labute approximate surface area is 271 Å². The summed E-state index contributed by atoms with van der Waals surface area (Å²) in [5.74, 6) is 1.25. The zero-order chi connectivity index (χ0) is 31.6. The molecule has 0 bridgehead atoms. The van der Waals surface area contributed by atoms with Crippen molar-refractivity contribution >= 4 is 51.4 Å². The highest BCUT2D eigenvalue weighted by atomic mass is 28.1. The molecular weight excluding hydrogens is 567 g/mol. The lowest BCUT2D eigenvalue weighted by atomic mass is 10.1. The lowest BCUT2D eigenvalue weighted by molar-refractivity contribution is 0.866. The second-order valence-electron chi connectivity index (χ2n) is 10.8. The molecule has 5 aromatic rings. The van der Waals surface area contributed by atoms with Gasteiger partial charge in [-0.05, 0) is 86.3 Å². The summed E-state index contributed by atoms with van der Waals surface area (Å²) in [6.07, 6.45) is 8.52. The fraction of sp³-hybridized carbons (Fsp3) is 0.205. The van der Waals surface area contributed by atoms with Crippen molar-refractivity contribution in [3.63, 3.8) is 0 Å². The van der Waals surface area contributed by atoms with Crippen molar-refractivity contribution in [2.45, 2.75) is 27.7 Å². The molecule has 0 unspecified atom stereocenters. The summed E-state index contributed by atoms with van der Waals surface area (Å²) in [5, 5.41) is 0. The molecule has 0 aliphatic heterocycles. The Bertz CT molecular complexity index is 1620. The van der Waals surface area contributed by atoms with E-state index >= 15 is 0 Å². The average molecular weight is 607 g/mol. The molecule has 0 amide bonds. The van der Waals surface area contributed by atoms with Gasteiger partial charge in [0.05, 0.1) is 0 Å². The Morgan fingerprint density at radius 3 is 1.24 bits per heavy atom. The molecule has 5 rings (SSSR count). The van der Waals surface area contributed by atoms with Gasteiger partial charge in [-0.3, -0.25) is 0 Å². The maximum absolute atomic E-state index is 4.87. The third-order valence-corrected chi connectivity index (χ3v) is 8.13. The topological polar surface area (TPSA) is 45.2 Å². The van der Waals surface area contributed by atoms with Crippen LogP contribution in [0.2, 0.25) is 0 Å². The fourth-order valence-corrected chi connectivity index (χ4v) is 5.56. The minimum Gasteiger partial charge on any atom is -0.372 e. The molecule has 6 heteroatoms. The molecule has 0 saturated carbocycles. The molecule has 0 fully saturated rings. The lowest BCUT2D eigenvalue weighted by Gasteiger charge is -2.20. The number of benzene rings is 4. The monoisotopic (exact) mass is 606 g/mol. The number of hydrogen-bond acceptors (Lipinski definition) is 5. The van der Waals surface area contributed by atoms with Crippen molar-refractivity contribution in [2.75, 3.05) is 36.0 Å². The number of hydrogen-bond donors (Lipinski definition) is 0. The molecule has 1 aromatic heterocycles. The Morgan fingerprint density at radius 1 is 0.489 bits per heavy atom. The van der Waals surface area contributed by atoms with E-state index in [9.17, 15) is 0 Å². The zero-order valence-corrected chi connectivity index (χ0v) is 27.6. The van der Waals surface area contributed by atoms with Gasteiger partial charge in [-0.15, -0.1) is 0 Å². The van der Waals surface area contributed by atoms with Crippen LogP contribution in [0.25, 0.3) is 47.1 Å². The minimum absolute atomic E-state index is 0.499.